The van der Waals surface area contributed by atoms with Crippen LogP contribution in [-0.2, 0) is 22.7 Å². The summed E-state index contributed by atoms with van der Waals surface area (Å²) in [6, 6.07) is 11.7. The van der Waals surface area contributed by atoms with E-state index in [1.165, 1.54) is 0 Å². The zero-order chi connectivity index (χ0) is 18.7. The van der Waals surface area contributed by atoms with E-state index in [2.05, 4.69) is 10.3 Å². The molecule has 0 spiro atoms. The van der Waals surface area contributed by atoms with E-state index in [9.17, 15) is 0 Å². The third-order valence-corrected chi connectivity index (χ3v) is 3.02. The van der Waals surface area contributed by atoms with E-state index in [1.807, 2.05) is 36.4 Å². The van der Waals surface area contributed by atoms with Gasteiger partial charge in [-0.3, -0.25) is 4.98 Å². The first kappa shape index (κ1) is 19.9. The molecule has 134 valence electrons. The summed E-state index contributed by atoms with van der Waals surface area (Å²) in [6.07, 6.45) is 1.79. The molecule has 0 aliphatic rings. The van der Waals surface area contributed by atoms with Crippen LogP contribution in [0.3, 0.4) is 0 Å². The van der Waals surface area contributed by atoms with Crippen molar-refractivity contribution in [1.29, 1.82) is 0 Å². The van der Waals surface area contributed by atoms with Crippen molar-refractivity contribution in [1.82, 2.24) is 10.3 Å². The molecular weight excluding hydrogens is 328 g/mol. The van der Waals surface area contributed by atoms with Crippen LogP contribution < -0.4 is 14.8 Å². The quantitative estimate of drug-likeness (QED) is 0.673. The summed E-state index contributed by atoms with van der Waals surface area (Å²) in [5.74, 6) is -1.96. The van der Waals surface area contributed by atoms with Gasteiger partial charge in [-0.25, -0.2) is 9.59 Å². The first-order valence-corrected chi connectivity index (χ1v) is 7.25. The van der Waals surface area contributed by atoms with Crippen molar-refractivity contribution in [2.24, 2.45) is 0 Å². The largest absolute Gasteiger partial charge is 0.497 e. The fraction of sp³-hybridized carbons (Fsp3) is 0.235. The lowest BCUT2D eigenvalue weighted by atomic mass is 10.2. The third-order valence-electron chi connectivity index (χ3n) is 3.02. The molecule has 0 amide bonds. The van der Waals surface area contributed by atoms with E-state index >= 15 is 0 Å². The Balaban J connectivity index is 0.000000450. The predicted molar refractivity (Wildman–Crippen MR) is 89.6 cm³/mol. The number of nitrogens with zero attached hydrogens (tertiary/aromatic N) is 1. The van der Waals surface area contributed by atoms with E-state index in [1.54, 1.807) is 20.4 Å². The Labute approximate surface area is 145 Å². The number of pyridine rings is 1. The minimum absolute atomic E-state index is 0.705. The normalized spacial score (nSPS) is 9.52. The van der Waals surface area contributed by atoms with Crippen LogP contribution in [0, 0.1) is 0 Å². The van der Waals surface area contributed by atoms with E-state index in [4.69, 9.17) is 29.3 Å². The van der Waals surface area contributed by atoms with E-state index < -0.39 is 11.9 Å². The Morgan fingerprint density at radius 2 is 1.76 bits per heavy atom. The van der Waals surface area contributed by atoms with Crippen LogP contribution in [-0.4, -0.2) is 41.4 Å². The van der Waals surface area contributed by atoms with Crippen LogP contribution in [0.1, 0.15) is 11.3 Å². The molecule has 1 heterocycles. The van der Waals surface area contributed by atoms with Gasteiger partial charge in [0, 0.05) is 24.8 Å². The van der Waals surface area contributed by atoms with Crippen molar-refractivity contribution in [3.8, 4) is 11.5 Å². The van der Waals surface area contributed by atoms with Crippen molar-refractivity contribution in [3.05, 3.63) is 53.9 Å². The van der Waals surface area contributed by atoms with E-state index in [-0.39, 0.29) is 0 Å². The third kappa shape index (κ3) is 7.32. The molecule has 1 aromatic carbocycles. The average molecular weight is 348 g/mol. The molecule has 8 nitrogen and oxygen atoms in total. The summed E-state index contributed by atoms with van der Waals surface area (Å²) in [7, 11) is 3.33. The summed E-state index contributed by atoms with van der Waals surface area (Å²) in [6.45, 7) is 1.43. The molecule has 0 atom stereocenters. The standard InChI is InChI=1S/C15H18N2O2.C2H2O4/c1-18-14-6-7-15(19-2)12(9-14)10-16-11-13-5-3-4-8-17-13;3-1(4)2(5)6/h3-9,16H,10-11H2,1-2H3;(H,3,4)(H,5,6). The lowest BCUT2D eigenvalue weighted by molar-refractivity contribution is -0.159. The summed E-state index contributed by atoms with van der Waals surface area (Å²) in [5.41, 5.74) is 2.09. The fourth-order valence-electron chi connectivity index (χ4n) is 1.85. The lowest BCUT2D eigenvalue weighted by Crippen LogP contribution is -2.14. The summed E-state index contributed by atoms with van der Waals surface area (Å²) in [4.78, 5) is 22.5. The van der Waals surface area contributed by atoms with Gasteiger partial charge in [-0.1, -0.05) is 6.07 Å². The number of aliphatic carboxylic acids is 2. The molecule has 0 aliphatic heterocycles. The van der Waals surface area contributed by atoms with E-state index in [0.29, 0.717) is 6.54 Å². The zero-order valence-electron chi connectivity index (χ0n) is 13.9. The Kier molecular flexibility index (Phi) is 8.45. The smallest absolute Gasteiger partial charge is 0.414 e. The van der Waals surface area contributed by atoms with Crippen LogP contribution in [0.4, 0.5) is 0 Å². The fourth-order valence-corrected chi connectivity index (χ4v) is 1.85. The summed E-state index contributed by atoms with van der Waals surface area (Å²) < 4.78 is 10.6. The highest BCUT2D eigenvalue weighted by molar-refractivity contribution is 6.27. The maximum Gasteiger partial charge on any atom is 0.414 e. The van der Waals surface area contributed by atoms with Crippen molar-refractivity contribution in [2.75, 3.05) is 14.2 Å². The monoisotopic (exact) mass is 348 g/mol. The molecule has 2 aromatic rings. The van der Waals surface area contributed by atoms with Gasteiger partial charge in [0.05, 0.1) is 19.9 Å². The topological polar surface area (TPSA) is 118 Å². The van der Waals surface area contributed by atoms with Gasteiger partial charge in [-0.2, -0.15) is 0 Å². The summed E-state index contributed by atoms with van der Waals surface area (Å²) >= 11 is 0. The van der Waals surface area contributed by atoms with Crippen LogP contribution >= 0.6 is 0 Å². The first-order valence-electron chi connectivity index (χ1n) is 7.25. The number of carboxylic acid groups (broad SMARTS) is 2. The second-order valence-corrected chi connectivity index (χ2v) is 4.71. The number of rotatable bonds is 6. The van der Waals surface area contributed by atoms with Gasteiger partial charge >= 0.3 is 11.9 Å². The van der Waals surface area contributed by atoms with Crippen LogP contribution in [0.15, 0.2) is 42.6 Å². The maximum absolute atomic E-state index is 9.10. The minimum atomic E-state index is -1.82. The Morgan fingerprint density at radius 1 is 1.04 bits per heavy atom. The molecular formula is C17H20N2O6. The second kappa shape index (κ2) is 10.6. The zero-order valence-corrected chi connectivity index (χ0v) is 13.9. The molecule has 0 fully saturated rings. The second-order valence-electron chi connectivity index (χ2n) is 4.71. The number of ether oxygens (including phenoxy) is 2. The predicted octanol–water partition coefficient (Wildman–Crippen LogP) is 1.54. The molecule has 0 saturated carbocycles. The molecule has 0 unspecified atom stereocenters. The molecule has 0 aliphatic carbocycles. The summed E-state index contributed by atoms with van der Waals surface area (Å²) in [5, 5.41) is 18.1. The molecule has 3 N–H and O–H groups in total. The van der Waals surface area contributed by atoms with Gasteiger partial charge in [0.2, 0.25) is 0 Å². The molecule has 2 rings (SSSR count). The Bertz CT molecular complexity index is 679. The van der Waals surface area contributed by atoms with Gasteiger partial charge in [0.1, 0.15) is 11.5 Å². The van der Waals surface area contributed by atoms with Crippen LogP contribution in [0.25, 0.3) is 0 Å². The van der Waals surface area contributed by atoms with Crippen LogP contribution in [0.5, 0.6) is 11.5 Å². The number of nitrogens with one attached hydrogen (secondary N) is 1. The number of carbonyl (C=O) groups is 2. The van der Waals surface area contributed by atoms with Crippen molar-refractivity contribution in [3.63, 3.8) is 0 Å². The van der Waals surface area contributed by atoms with Crippen molar-refractivity contribution in [2.45, 2.75) is 13.1 Å². The number of methoxy groups -OCH3 is 2. The van der Waals surface area contributed by atoms with Gasteiger partial charge in [-0.15, -0.1) is 0 Å². The maximum atomic E-state index is 9.10. The molecule has 8 heteroatoms. The van der Waals surface area contributed by atoms with E-state index in [0.717, 1.165) is 29.3 Å². The highest BCUT2D eigenvalue weighted by atomic mass is 16.5. The molecule has 0 bridgehead atoms. The van der Waals surface area contributed by atoms with Crippen LogP contribution in [0.2, 0.25) is 0 Å². The SMILES string of the molecule is COc1ccc(OC)c(CNCc2ccccn2)c1.O=C(O)C(=O)O. The van der Waals surface area contributed by atoms with Gasteiger partial charge in [-0.05, 0) is 30.3 Å². The van der Waals surface area contributed by atoms with Crippen molar-refractivity contribution < 1.29 is 29.3 Å². The Morgan fingerprint density at radius 3 is 2.28 bits per heavy atom. The van der Waals surface area contributed by atoms with Gasteiger partial charge in [0.15, 0.2) is 0 Å². The van der Waals surface area contributed by atoms with Gasteiger partial charge < -0.3 is 25.0 Å². The number of benzene rings is 1. The molecule has 0 saturated heterocycles. The average Bonchev–Trinajstić information content (AvgIpc) is 2.63. The van der Waals surface area contributed by atoms with Crippen molar-refractivity contribution >= 4 is 11.9 Å². The lowest BCUT2D eigenvalue weighted by Gasteiger charge is -2.11. The molecule has 25 heavy (non-hydrogen) atoms. The minimum Gasteiger partial charge on any atom is -0.497 e. The van der Waals surface area contributed by atoms with Gasteiger partial charge in [0.25, 0.3) is 0 Å². The number of hydrogen-bond donors (Lipinski definition) is 3. The number of carboxylic acids is 2. The number of aromatic nitrogens is 1. The Hall–Kier alpha value is -3.13. The molecule has 0 radical (unpaired) electrons. The molecule has 1 aromatic heterocycles. The highest BCUT2D eigenvalue weighted by Crippen LogP contribution is 2.23. The highest BCUT2D eigenvalue weighted by Gasteiger charge is 2.05. The first-order chi connectivity index (χ1) is 12.0. The number of hydrogen-bond acceptors (Lipinski definition) is 6.